The quantitative estimate of drug-likeness (QED) is 0.922. The van der Waals surface area contributed by atoms with Gasteiger partial charge in [-0.3, -0.25) is 0 Å². The summed E-state index contributed by atoms with van der Waals surface area (Å²) in [6.45, 7) is 10.0. The summed E-state index contributed by atoms with van der Waals surface area (Å²) in [4.78, 5) is 2.37. The Kier molecular flexibility index (Phi) is 4.12. The Morgan fingerprint density at radius 1 is 1.20 bits per heavy atom. The molecule has 0 aromatic heterocycles. The molecule has 1 aliphatic heterocycles. The highest BCUT2D eigenvalue weighted by molar-refractivity contribution is 5.53. The van der Waals surface area contributed by atoms with Crippen LogP contribution >= 0.6 is 0 Å². The second kappa shape index (κ2) is 5.38. The average molecular weight is 276 g/mol. The molecule has 1 heterocycles. The molecule has 0 aliphatic carbocycles. The van der Waals surface area contributed by atoms with Crippen LogP contribution in [0.1, 0.15) is 37.8 Å². The zero-order valence-electron chi connectivity index (χ0n) is 13.5. The number of likely N-dealkylation sites (N-methyl/N-ethyl adjacent to an activating group) is 1. The highest BCUT2D eigenvalue weighted by Crippen LogP contribution is 2.37. The van der Waals surface area contributed by atoms with Crippen molar-refractivity contribution in [2.75, 3.05) is 25.1 Å². The first-order valence-corrected chi connectivity index (χ1v) is 7.44. The Morgan fingerprint density at radius 2 is 1.80 bits per heavy atom. The van der Waals surface area contributed by atoms with E-state index in [0.717, 1.165) is 19.4 Å². The predicted octanol–water partition coefficient (Wildman–Crippen LogP) is 3.03. The number of hydrogen-bond donors (Lipinski definition) is 1. The lowest BCUT2D eigenvalue weighted by atomic mass is 9.79. The lowest BCUT2D eigenvalue weighted by Gasteiger charge is -2.50. The Morgan fingerprint density at radius 3 is 2.30 bits per heavy atom. The lowest BCUT2D eigenvalue weighted by Crippen LogP contribution is -2.59. The molecule has 0 spiro atoms. The van der Waals surface area contributed by atoms with Gasteiger partial charge in [-0.15, -0.1) is 0 Å². The molecule has 1 unspecified atom stereocenters. The van der Waals surface area contributed by atoms with Gasteiger partial charge in [0, 0.05) is 32.3 Å². The van der Waals surface area contributed by atoms with Crippen LogP contribution < -0.4 is 10.6 Å². The van der Waals surface area contributed by atoms with Gasteiger partial charge >= 0.3 is 0 Å². The van der Waals surface area contributed by atoms with Crippen molar-refractivity contribution in [1.82, 2.24) is 0 Å². The molecular formula is C17H28N2O. The molecule has 1 saturated heterocycles. The number of benzene rings is 1. The Balaban J connectivity index is 2.35. The molecule has 0 bridgehead atoms. The van der Waals surface area contributed by atoms with Gasteiger partial charge in [-0.2, -0.15) is 0 Å². The van der Waals surface area contributed by atoms with Crippen molar-refractivity contribution < 1.29 is 4.74 Å². The first-order valence-electron chi connectivity index (χ1n) is 7.44. The lowest BCUT2D eigenvalue weighted by molar-refractivity contribution is -0.0786. The molecule has 3 heteroatoms. The minimum absolute atomic E-state index is 0.0119. The van der Waals surface area contributed by atoms with Crippen LogP contribution in [-0.4, -0.2) is 31.3 Å². The number of ether oxygens (including phenoxy) is 1. The first-order chi connectivity index (χ1) is 9.28. The minimum Gasteiger partial charge on any atom is -0.375 e. The standard InChI is InChI=1S/C17H28N2O/c1-13-8-14(2)10-15(9-13)19(5)17(12-18)6-7-20-16(3,4)11-17/h8-10H,6-7,11-12,18H2,1-5H3. The maximum absolute atomic E-state index is 6.18. The zero-order valence-corrected chi connectivity index (χ0v) is 13.5. The topological polar surface area (TPSA) is 38.5 Å². The second-order valence-electron chi connectivity index (χ2n) is 6.87. The molecule has 2 rings (SSSR count). The molecule has 1 fully saturated rings. The van der Waals surface area contributed by atoms with Crippen LogP contribution in [0, 0.1) is 13.8 Å². The third kappa shape index (κ3) is 2.99. The Labute approximate surface area is 123 Å². The molecule has 20 heavy (non-hydrogen) atoms. The van der Waals surface area contributed by atoms with E-state index in [-0.39, 0.29) is 11.1 Å². The van der Waals surface area contributed by atoms with Crippen LogP contribution in [0.4, 0.5) is 5.69 Å². The number of hydrogen-bond acceptors (Lipinski definition) is 3. The van der Waals surface area contributed by atoms with Crippen LogP contribution in [-0.2, 0) is 4.74 Å². The smallest absolute Gasteiger partial charge is 0.0649 e. The van der Waals surface area contributed by atoms with E-state index in [9.17, 15) is 0 Å². The van der Waals surface area contributed by atoms with Crippen LogP contribution in [0.2, 0.25) is 0 Å². The largest absolute Gasteiger partial charge is 0.375 e. The molecule has 1 atom stereocenters. The summed E-state index contributed by atoms with van der Waals surface area (Å²) in [5.74, 6) is 0. The van der Waals surface area contributed by atoms with Crippen LogP contribution in [0.5, 0.6) is 0 Å². The maximum Gasteiger partial charge on any atom is 0.0649 e. The summed E-state index contributed by atoms with van der Waals surface area (Å²) in [6.07, 6.45) is 1.94. The molecule has 112 valence electrons. The number of rotatable bonds is 3. The summed E-state index contributed by atoms with van der Waals surface area (Å²) in [5.41, 5.74) is 9.91. The SMILES string of the molecule is Cc1cc(C)cc(N(C)C2(CN)CCOC(C)(C)C2)c1. The van der Waals surface area contributed by atoms with Gasteiger partial charge in [0.2, 0.25) is 0 Å². The van der Waals surface area contributed by atoms with Crippen molar-refractivity contribution in [2.24, 2.45) is 5.73 Å². The van der Waals surface area contributed by atoms with E-state index in [0.29, 0.717) is 6.54 Å². The van der Waals surface area contributed by atoms with Crippen molar-refractivity contribution in [3.05, 3.63) is 29.3 Å². The number of aryl methyl sites for hydroxylation is 2. The van der Waals surface area contributed by atoms with Crippen LogP contribution in [0.25, 0.3) is 0 Å². The van der Waals surface area contributed by atoms with Crippen molar-refractivity contribution in [3.8, 4) is 0 Å². The molecule has 1 aromatic carbocycles. The molecule has 1 aromatic rings. The van der Waals surface area contributed by atoms with Crippen LogP contribution in [0.3, 0.4) is 0 Å². The number of nitrogens with two attached hydrogens (primary N) is 1. The van der Waals surface area contributed by atoms with Gasteiger partial charge in [-0.05, 0) is 57.4 Å². The minimum atomic E-state index is -0.106. The van der Waals surface area contributed by atoms with Gasteiger partial charge in [0.05, 0.1) is 11.1 Å². The van der Waals surface area contributed by atoms with Gasteiger partial charge < -0.3 is 15.4 Å². The van der Waals surface area contributed by atoms with Crippen molar-refractivity contribution >= 4 is 5.69 Å². The summed E-state index contributed by atoms with van der Waals surface area (Å²) < 4.78 is 5.87. The van der Waals surface area contributed by atoms with E-state index in [1.54, 1.807) is 0 Å². The molecular weight excluding hydrogens is 248 g/mol. The zero-order chi connectivity index (χ0) is 15.0. The van der Waals surface area contributed by atoms with Gasteiger partial charge in [-0.25, -0.2) is 0 Å². The summed E-state index contributed by atoms with van der Waals surface area (Å²) in [7, 11) is 2.17. The van der Waals surface area contributed by atoms with Crippen molar-refractivity contribution in [1.29, 1.82) is 0 Å². The molecule has 0 amide bonds. The summed E-state index contributed by atoms with van der Waals surface area (Å²) >= 11 is 0. The van der Waals surface area contributed by atoms with E-state index in [4.69, 9.17) is 10.5 Å². The van der Waals surface area contributed by atoms with E-state index in [2.05, 4.69) is 57.8 Å². The van der Waals surface area contributed by atoms with E-state index >= 15 is 0 Å². The van der Waals surface area contributed by atoms with Gasteiger partial charge in [0.1, 0.15) is 0 Å². The van der Waals surface area contributed by atoms with Gasteiger partial charge in [0.15, 0.2) is 0 Å². The fourth-order valence-electron chi connectivity index (χ4n) is 3.46. The maximum atomic E-state index is 6.18. The Hall–Kier alpha value is -1.06. The number of nitrogens with zero attached hydrogens (tertiary/aromatic N) is 1. The molecule has 1 aliphatic rings. The summed E-state index contributed by atoms with van der Waals surface area (Å²) in [6, 6.07) is 6.69. The Bertz CT molecular complexity index is 464. The van der Waals surface area contributed by atoms with Crippen LogP contribution in [0.15, 0.2) is 18.2 Å². The van der Waals surface area contributed by atoms with Gasteiger partial charge in [0.25, 0.3) is 0 Å². The molecule has 2 N–H and O–H groups in total. The third-order valence-electron chi connectivity index (χ3n) is 4.50. The fourth-order valence-corrected chi connectivity index (χ4v) is 3.46. The monoisotopic (exact) mass is 276 g/mol. The van der Waals surface area contributed by atoms with Crippen molar-refractivity contribution in [3.63, 3.8) is 0 Å². The predicted molar refractivity (Wildman–Crippen MR) is 85.4 cm³/mol. The average Bonchev–Trinajstić information content (AvgIpc) is 2.35. The molecule has 0 radical (unpaired) electrons. The third-order valence-corrected chi connectivity index (χ3v) is 4.50. The fraction of sp³-hybridized carbons (Fsp3) is 0.647. The summed E-state index contributed by atoms with van der Waals surface area (Å²) in [5, 5.41) is 0. The highest BCUT2D eigenvalue weighted by atomic mass is 16.5. The molecule has 0 saturated carbocycles. The van der Waals surface area contributed by atoms with E-state index in [1.807, 2.05) is 0 Å². The van der Waals surface area contributed by atoms with Crippen molar-refractivity contribution in [2.45, 2.75) is 51.7 Å². The normalized spacial score (nSPS) is 25.5. The van der Waals surface area contributed by atoms with E-state index in [1.165, 1.54) is 16.8 Å². The van der Waals surface area contributed by atoms with Gasteiger partial charge in [-0.1, -0.05) is 6.07 Å². The first kappa shape index (κ1) is 15.3. The number of anilines is 1. The second-order valence-corrected chi connectivity index (χ2v) is 6.87. The highest BCUT2D eigenvalue weighted by Gasteiger charge is 2.43. The van der Waals surface area contributed by atoms with E-state index < -0.39 is 0 Å². The molecule has 3 nitrogen and oxygen atoms in total.